The first-order valence-corrected chi connectivity index (χ1v) is 6.75. The molecule has 3 rings (SSSR count). The lowest BCUT2D eigenvalue weighted by Gasteiger charge is -2.19. The Morgan fingerprint density at radius 3 is 3.10 bits per heavy atom. The summed E-state index contributed by atoms with van der Waals surface area (Å²) in [5.41, 5.74) is 2.52. The van der Waals surface area contributed by atoms with Gasteiger partial charge in [0.05, 0.1) is 25.3 Å². The van der Waals surface area contributed by atoms with E-state index in [4.69, 9.17) is 4.74 Å². The molecule has 0 spiro atoms. The van der Waals surface area contributed by atoms with Gasteiger partial charge in [-0.2, -0.15) is 5.10 Å². The van der Waals surface area contributed by atoms with Gasteiger partial charge in [0.1, 0.15) is 11.6 Å². The third-order valence-electron chi connectivity index (χ3n) is 3.64. The van der Waals surface area contributed by atoms with E-state index in [1.165, 1.54) is 0 Å². The van der Waals surface area contributed by atoms with Gasteiger partial charge >= 0.3 is 0 Å². The van der Waals surface area contributed by atoms with Crippen molar-refractivity contribution < 1.29 is 14.6 Å². The standard InChI is InChI=1S/C15H17N3O3/c1-18-15-14(12(19)8-13(20)16-15)11(17-18)7-9-4-3-5-10(6-9)21-2/h3-6,12,19H,7-8H2,1-2H3,(H,16,20). The number of aromatic nitrogens is 2. The summed E-state index contributed by atoms with van der Waals surface area (Å²) in [6.45, 7) is 0. The molecule has 0 radical (unpaired) electrons. The minimum Gasteiger partial charge on any atom is -0.497 e. The van der Waals surface area contributed by atoms with Crippen LogP contribution in [0.25, 0.3) is 0 Å². The van der Waals surface area contributed by atoms with E-state index >= 15 is 0 Å². The van der Waals surface area contributed by atoms with E-state index in [-0.39, 0.29) is 12.3 Å². The molecule has 1 aliphatic rings. The number of ether oxygens (including phenoxy) is 1. The van der Waals surface area contributed by atoms with Crippen molar-refractivity contribution >= 4 is 11.7 Å². The summed E-state index contributed by atoms with van der Waals surface area (Å²) >= 11 is 0. The van der Waals surface area contributed by atoms with Gasteiger partial charge in [0.25, 0.3) is 0 Å². The van der Waals surface area contributed by atoms with E-state index in [1.807, 2.05) is 24.3 Å². The van der Waals surface area contributed by atoms with E-state index in [2.05, 4.69) is 10.4 Å². The SMILES string of the molecule is COc1cccc(Cc2nn(C)c3c2C(O)CC(=O)N3)c1. The number of aliphatic hydroxyl groups excluding tert-OH is 1. The third kappa shape index (κ3) is 2.50. The first-order chi connectivity index (χ1) is 10.1. The first kappa shape index (κ1) is 13.6. The molecule has 0 aliphatic carbocycles. The number of hydrogen-bond donors (Lipinski definition) is 2. The number of fused-ring (bicyclic) bond motifs is 1. The molecule has 6 nitrogen and oxygen atoms in total. The second kappa shape index (κ2) is 5.21. The van der Waals surface area contributed by atoms with Crippen LogP contribution in [0.1, 0.15) is 29.3 Å². The van der Waals surface area contributed by atoms with Gasteiger partial charge in [0.2, 0.25) is 5.91 Å². The molecule has 1 atom stereocenters. The Morgan fingerprint density at radius 2 is 2.33 bits per heavy atom. The molecule has 21 heavy (non-hydrogen) atoms. The summed E-state index contributed by atoms with van der Waals surface area (Å²) in [6, 6.07) is 7.72. The number of hydrogen-bond acceptors (Lipinski definition) is 4. The molecule has 1 amide bonds. The molecule has 1 aromatic heterocycles. The highest BCUT2D eigenvalue weighted by molar-refractivity contribution is 5.93. The topological polar surface area (TPSA) is 76.4 Å². The predicted molar refractivity (Wildman–Crippen MR) is 77.2 cm³/mol. The molecule has 0 bridgehead atoms. The van der Waals surface area contributed by atoms with E-state index in [9.17, 15) is 9.90 Å². The van der Waals surface area contributed by atoms with Gasteiger partial charge in [-0.05, 0) is 17.7 Å². The summed E-state index contributed by atoms with van der Waals surface area (Å²) < 4.78 is 6.82. The average molecular weight is 287 g/mol. The van der Waals surface area contributed by atoms with Crippen molar-refractivity contribution in [1.29, 1.82) is 0 Å². The van der Waals surface area contributed by atoms with Gasteiger partial charge in [-0.15, -0.1) is 0 Å². The zero-order valence-electron chi connectivity index (χ0n) is 12.0. The highest BCUT2D eigenvalue weighted by Crippen LogP contribution is 2.34. The van der Waals surface area contributed by atoms with Crippen LogP contribution in [-0.2, 0) is 18.3 Å². The number of aliphatic hydroxyl groups is 1. The Bertz CT molecular complexity index is 693. The van der Waals surface area contributed by atoms with E-state index in [0.29, 0.717) is 17.8 Å². The van der Waals surface area contributed by atoms with Crippen LogP contribution >= 0.6 is 0 Å². The van der Waals surface area contributed by atoms with Gasteiger partial charge in [-0.3, -0.25) is 9.48 Å². The zero-order valence-corrected chi connectivity index (χ0v) is 12.0. The maximum Gasteiger partial charge on any atom is 0.228 e. The Kier molecular flexibility index (Phi) is 3.39. The highest BCUT2D eigenvalue weighted by Gasteiger charge is 2.30. The molecule has 1 aromatic carbocycles. The smallest absolute Gasteiger partial charge is 0.228 e. The van der Waals surface area contributed by atoms with Crippen molar-refractivity contribution in [3.8, 4) is 5.75 Å². The number of carbonyl (C=O) groups excluding carboxylic acids is 1. The van der Waals surface area contributed by atoms with Crippen molar-refractivity contribution in [2.75, 3.05) is 12.4 Å². The van der Waals surface area contributed by atoms with Crippen LogP contribution in [0, 0.1) is 0 Å². The van der Waals surface area contributed by atoms with Crippen molar-refractivity contribution in [2.45, 2.75) is 18.9 Å². The lowest BCUT2D eigenvalue weighted by atomic mass is 9.98. The Balaban J connectivity index is 1.96. The second-order valence-corrected chi connectivity index (χ2v) is 5.13. The molecular weight excluding hydrogens is 270 g/mol. The van der Waals surface area contributed by atoms with E-state index < -0.39 is 6.10 Å². The highest BCUT2D eigenvalue weighted by atomic mass is 16.5. The molecule has 2 N–H and O–H groups in total. The fourth-order valence-corrected chi connectivity index (χ4v) is 2.66. The van der Waals surface area contributed by atoms with Crippen molar-refractivity contribution in [1.82, 2.24) is 9.78 Å². The maximum atomic E-state index is 11.5. The van der Waals surface area contributed by atoms with Crippen LogP contribution in [-0.4, -0.2) is 27.9 Å². The number of aryl methyl sites for hydroxylation is 1. The Hall–Kier alpha value is -2.34. The molecule has 110 valence electrons. The molecule has 0 saturated carbocycles. The number of rotatable bonds is 3. The number of nitrogens with one attached hydrogen (secondary N) is 1. The fourth-order valence-electron chi connectivity index (χ4n) is 2.66. The maximum absolute atomic E-state index is 11.5. The van der Waals surface area contributed by atoms with Crippen LogP contribution in [0.2, 0.25) is 0 Å². The van der Waals surface area contributed by atoms with Gasteiger partial charge in [0, 0.05) is 19.0 Å². The monoisotopic (exact) mass is 287 g/mol. The summed E-state index contributed by atoms with van der Waals surface area (Å²) in [5.74, 6) is 1.17. The van der Waals surface area contributed by atoms with Gasteiger partial charge in [-0.1, -0.05) is 12.1 Å². The normalized spacial score (nSPS) is 17.3. The van der Waals surface area contributed by atoms with E-state index in [1.54, 1.807) is 18.8 Å². The molecular formula is C15H17N3O3. The van der Waals surface area contributed by atoms with Crippen LogP contribution in [0.3, 0.4) is 0 Å². The largest absolute Gasteiger partial charge is 0.497 e. The number of benzene rings is 1. The lowest BCUT2D eigenvalue weighted by Crippen LogP contribution is -2.24. The van der Waals surface area contributed by atoms with Crippen molar-refractivity contribution in [3.63, 3.8) is 0 Å². The molecule has 2 heterocycles. The number of nitrogens with zero attached hydrogens (tertiary/aromatic N) is 2. The second-order valence-electron chi connectivity index (χ2n) is 5.13. The van der Waals surface area contributed by atoms with Crippen molar-refractivity contribution in [2.24, 2.45) is 7.05 Å². The molecule has 0 saturated heterocycles. The fraction of sp³-hybridized carbons (Fsp3) is 0.333. The zero-order chi connectivity index (χ0) is 15.0. The van der Waals surface area contributed by atoms with Crippen LogP contribution < -0.4 is 10.1 Å². The molecule has 0 fully saturated rings. The molecule has 1 aliphatic heterocycles. The first-order valence-electron chi connectivity index (χ1n) is 6.75. The lowest BCUT2D eigenvalue weighted by molar-refractivity contribution is -0.118. The summed E-state index contributed by atoms with van der Waals surface area (Å²) in [4.78, 5) is 11.5. The summed E-state index contributed by atoms with van der Waals surface area (Å²) in [5, 5.41) is 17.4. The average Bonchev–Trinajstić information content (AvgIpc) is 2.75. The number of carbonyl (C=O) groups is 1. The molecule has 6 heteroatoms. The van der Waals surface area contributed by atoms with Gasteiger partial charge in [-0.25, -0.2) is 0 Å². The van der Waals surface area contributed by atoms with Crippen LogP contribution in [0.15, 0.2) is 24.3 Å². The Labute approximate surface area is 122 Å². The minimum atomic E-state index is -0.803. The van der Waals surface area contributed by atoms with Crippen LogP contribution in [0.5, 0.6) is 5.75 Å². The summed E-state index contributed by atoms with van der Waals surface area (Å²) in [6.07, 6.45) is -0.153. The number of methoxy groups -OCH3 is 1. The number of anilines is 1. The van der Waals surface area contributed by atoms with Crippen molar-refractivity contribution in [3.05, 3.63) is 41.1 Å². The van der Waals surface area contributed by atoms with Gasteiger partial charge < -0.3 is 15.2 Å². The van der Waals surface area contributed by atoms with E-state index in [0.717, 1.165) is 17.0 Å². The molecule has 2 aromatic rings. The predicted octanol–water partition coefficient (Wildman–Crippen LogP) is 1.40. The summed E-state index contributed by atoms with van der Waals surface area (Å²) in [7, 11) is 3.38. The molecule has 1 unspecified atom stereocenters. The number of amides is 1. The van der Waals surface area contributed by atoms with Crippen LogP contribution in [0.4, 0.5) is 5.82 Å². The minimum absolute atomic E-state index is 0.0732. The quantitative estimate of drug-likeness (QED) is 0.894. The third-order valence-corrected chi connectivity index (χ3v) is 3.64. The van der Waals surface area contributed by atoms with Gasteiger partial charge in [0.15, 0.2) is 0 Å². The Morgan fingerprint density at radius 1 is 1.52 bits per heavy atom.